The smallest absolute Gasteiger partial charge is 0.0950 e. The molecule has 1 aromatic rings. The van der Waals surface area contributed by atoms with Crippen molar-refractivity contribution in [3.8, 4) is 6.07 Å². The van der Waals surface area contributed by atoms with Crippen molar-refractivity contribution < 1.29 is 0 Å². The molecule has 1 nitrogen and oxygen atoms in total. The van der Waals surface area contributed by atoms with Gasteiger partial charge in [0.05, 0.1) is 6.07 Å². The zero-order valence-electron chi connectivity index (χ0n) is 13.5. The van der Waals surface area contributed by atoms with E-state index in [9.17, 15) is 0 Å². The summed E-state index contributed by atoms with van der Waals surface area (Å²) in [6, 6.07) is 10.8. The van der Waals surface area contributed by atoms with Gasteiger partial charge in [0, 0.05) is 12.0 Å². The van der Waals surface area contributed by atoms with Crippen LogP contribution in [-0.2, 0) is 12.8 Å². The molecule has 0 radical (unpaired) electrons. The standard InChI is InChI=1S/C21H25N/c1-3-5-7-8-10-11-19-13-15-20(16-14-19)17-21(18-22)12-9-6-4-2/h4,6,8-10,12-16H,2-3,5,7,11,17H2,1H3/b9-6-,10-8-,21-12+. The molecule has 0 aliphatic heterocycles. The van der Waals surface area contributed by atoms with Gasteiger partial charge in [0.1, 0.15) is 0 Å². The highest BCUT2D eigenvalue weighted by atomic mass is 14.2. The third-order valence-corrected chi connectivity index (χ3v) is 3.35. The van der Waals surface area contributed by atoms with Crippen LogP contribution in [0.4, 0.5) is 0 Å². The summed E-state index contributed by atoms with van der Waals surface area (Å²) in [4.78, 5) is 0. The van der Waals surface area contributed by atoms with Crippen molar-refractivity contribution >= 4 is 0 Å². The van der Waals surface area contributed by atoms with Crippen molar-refractivity contribution in [2.45, 2.75) is 39.0 Å². The van der Waals surface area contributed by atoms with Crippen LogP contribution in [-0.4, -0.2) is 0 Å². The first-order valence-corrected chi connectivity index (χ1v) is 7.91. The van der Waals surface area contributed by atoms with Crippen LogP contribution in [0.25, 0.3) is 0 Å². The summed E-state index contributed by atoms with van der Waals surface area (Å²) in [7, 11) is 0. The number of hydrogen-bond acceptors (Lipinski definition) is 1. The molecule has 0 bridgehead atoms. The van der Waals surface area contributed by atoms with Gasteiger partial charge in [-0.3, -0.25) is 0 Å². The Labute approximate surface area is 135 Å². The molecule has 1 heteroatoms. The lowest BCUT2D eigenvalue weighted by molar-refractivity contribution is 0.813. The van der Waals surface area contributed by atoms with Crippen molar-refractivity contribution in [2.75, 3.05) is 0 Å². The fourth-order valence-electron chi connectivity index (χ4n) is 2.06. The summed E-state index contributed by atoms with van der Waals surface area (Å²) in [6.45, 7) is 5.83. The molecular weight excluding hydrogens is 266 g/mol. The van der Waals surface area contributed by atoms with E-state index in [1.807, 2.05) is 18.2 Å². The van der Waals surface area contributed by atoms with Crippen LogP contribution >= 0.6 is 0 Å². The summed E-state index contributed by atoms with van der Waals surface area (Å²) >= 11 is 0. The van der Waals surface area contributed by atoms with Crippen LogP contribution in [0.3, 0.4) is 0 Å². The molecule has 0 unspecified atom stereocenters. The monoisotopic (exact) mass is 291 g/mol. The van der Waals surface area contributed by atoms with Gasteiger partial charge in [-0.25, -0.2) is 0 Å². The minimum absolute atomic E-state index is 0.671. The van der Waals surface area contributed by atoms with E-state index >= 15 is 0 Å². The Morgan fingerprint density at radius 2 is 1.86 bits per heavy atom. The van der Waals surface area contributed by atoms with Crippen LogP contribution in [0.5, 0.6) is 0 Å². The molecule has 0 saturated heterocycles. The van der Waals surface area contributed by atoms with E-state index in [0.29, 0.717) is 6.42 Å². The molecule has 1 rings (SSSR count). The highest BCUT2D eigenvalue weighted by Crippen LogP contribution is 2.11. The number of allylic oxidation sites excluding steroid dienone is 7. The highest BCUT2D eigenvalue weighted by Gasteiger charge is 1.98. The summed E-state index contributed by atoms with van der Waals surface area (Å²) in [5.74, 6) is 0. The largest absolute Gasteiger partial charge is 0.193 e. The lowest BCUT2D eigenvalue weighted by Crippen LogP contribution is -1.89. The zero-order valence-corrected chi connectivity index (χ0v) is 13.5. The number of benzene rings is 1. The second kappa shape index (κ2) is 11.3. The fourth-order valence-corrected chi connectivity index (χ4v) is 2.06. The zero-order chi connectivity index (χ0) is 16.0. The minimum Gasteiger partial charge on any atom is -0.193 e. The Morgan fingerprint density at radius 1 is 1.14 bits per heavy atom. The van der Waals surface area contributed by atoms with Crippen LogP contribution in [0.15, 0.2) is 72.9 Å². The molecule has 22 heavy (non-hydrogen) atoms. The first-order chi connectivity index (χ1) is 10.8. The summed E-state index contributed by atoms with van der Waals surface area (Å²) in [5, 5.41) is 9.14. The van der Waals surface area contributed by atoms with Gasteiger partial charge in [0.25, 0.3) is 0 Å². The molecule has 114 valence electrons. The Hall–Kier alpha value is -2.33. The number of unbranched alkanes of at least 4 members (excludes halogenated alkanes) is 2. The molecule has 0 saturated carbocycles. The number of nitrogens with zero attached hydrogens (tertiary/aromatic N) is 1. The van der Waals surface area contributed by atoms with E-state index in [4.69, 9.17) is 5.26 Å². The SMILES string of the molecule is C=C/C=C\C=C(\C#N)Cc1ccc(C/C=C\CCCC)cc1. The molecule has 1 aromatic carbocycles. The van der Waals surface area contributed by atoms with Crippen LogP contribution in [0.1, 0.15) is 37.3 Å². The average molecular weight is 291 g/mol. The van der Waals surface area contributed by atoms with E-state index in [1.54, 1.807) is 6.08 Å². The first-order valence-electron chi connectivity index (χ1n) is 7.91. The van der Waals surface area contributed by atoms with Gasteiger partial charge in [0.15, 0.2) is 0 Å². The van der Waals surface area contributed by atoms with Crippen molar-refractivity contribution in [1.82, 2.24) is 0 Å². The molecule has 0 heterocycles. The predicted molar refractivity (Wildman–Crippen MR) is 95.5 cm³/mol. The van der Waals surface area contributed by atoms with Gasteiger partial charge in [0.2, 0.25) is 0 Å². The molecule has 0 atom stereocenters. The molecule has 0 fully saturated rings. The topological polar surface area (TPSA) is 23.8 Å². The van der Waals surface area contributed by atoms with Crippen molar-refractivity contribution in [3.63, 3.8) is 0 Å². The summed E-state index contributed by atoms with van der Waals surface area (Å²) in [5.41, 5.74) is 3.23. The van der Waals surface area contributed by atoms with Crippen molar-refractivity contribution in [2.24, 2.45) is 0 Å². The third kappa shape index (κ3) is 7.45. The second-order valence-corrected chi connectivity index (χ2v) is 5.24. The van der Waals surface area contributed by atoms with Crippen molar-refractivity contribution in [3.05, 3.63) is 84.0 Å². The van der Waals surface area contributed by atoms with Gasteiger partial charge < -0.3 is 0 Å². The Kier molecular flexibility index (Phi) is 9.14. The Bertz CT molecular complexity index is 565. The summed E-state index contributed by atoms with van der Waals surface area (Å²) < 4.78 is 0. The minimum atomic E-state index is 0.671. The van der Waals surface area contributed by atoms with E-state index in [1.165, 1.54) is 30.4 Å². The number of nitriles is 1. The Morgan fingerprint density at radius 3 is 2.50 bits per heavy atom. The van der Waals surface area contributed by atoms with E-state index in [-0.39, 0.29) is 0 Å². The van der Waals surface area contributed by atoms with E-state index in [0.717, 1.165) is 12.0 Å². The average Bonchev–Trinajstić information content (AvgIpc) is 2.55. The maximum Gasteiger partial charge on any atom is 0.0950 e. The quantitative estimate of drug-likeness (QED) is 0.247. The maximum absolute atomic E-state index is 9.14. The van der Waals surface area contributed by atoms with Crippen LogP contribution in [0, 0.1) is 11.3 Å². The number of hydrogen-bond donors (Lipinski definition) is 0. The van der Waals surface area contributed by atoms with Gasteiger partial charge in [-0.15, -0.1) is 0 Å². The van der Waals surface area contributed by atoms with Crippen molar-refractivity contribution in [1.29, 1.82) is 5.26 Å². The molecule has 0 amide bonds. The first kappa shape index (κ1) is 17.7. The fraction of sp³-hybridized carbons (Fsp3) is 0.286. The Balaban J connectivity index is 2.55. The predicted octanol–water partition coefficient (Wildman–Crippen LogP) is 5.71. The molecule has 0 spiro atoms. The maximum atomic E-state index is 9.14. The summed E-state index contributed by atoms with van der Waals surface area (Å²) in [6.07, 6.45) is 17.0. The van der Waals surface area contributed by atoms with Gasteiger partial charge in [-0.1, -0.05) is 81.0 Å². The number of rotatable bonds is 9. The van der Waals surface area contributed by atoms with Gasteiger partial charge in [-0.2, -0.15) is 5.26 Å². The lowest BCUT2D eigenvalue weighted by atomic mass is 10.0. The normalized spacial score (nSPS) is 11.9. The van der Waals surface area contributed by atoms with Crippen LogP contribution in [0.2, 0.25) is 0 Å². The van der Waals surface area contributed by atoms with Crippen LogP contribution < -0.4 is 0 Å². The second-order valence-electron chi connectivity index (χ2n) is 5.24. The molecule has 0 aliphatic carbocycles. The molecule has 0 aliphatic rings. The highest BCUT2D eigenvalue weighted by molar-refractivity contribution is 5.34. The van der Waals surface area contributed by atoms with Gasteiger partial charge in [-0.05, 0) is 30.0 Å². The molecule has 0 N–H and O–H groups in total. The molecule has 0 aromatic heterocycles. The third-order valence-electron chi connectivity index (χ3n) is 3.35. The molecular formula is C21H25N. The lowest BCUT2D eigenvalue weighted by Gasteiger charge is -2.02. The van der Waals surface area contributed by atoms with E-state index in [2.05, 4.69) is 56.0 Å². The van der Waals surface area contributed by atoms with E-state index < -0.39 is 0 Å². The van der Waals surface area contributed by atoms with Gasteiger partial charge >= 0.3 is 0 Å².